The molecule has 0 saturated heterocycles. The Morgan fingerprint density at radius 1 is 1.18 bits per heavy atom. The molecule has 0 aliphatic rings. The lowest BCUT2D eigenvalue weighted by Gasteiger charge is -2.12. The van der Waals surface area contributed by atoms with Gasteiger partial charge in [-0.2, -0.15) is 10.2 Å². The summed E-state index contributed by atoms with van der Waals surface area (Å²) in [5.74, 6) is 0.546. The van der Waals surface area contributed by atoms with Gasteiger partial charge in [-0.3, -0.25) is 9.36 Å². The molecule has 0 aliphatic carbocycles. The fourth-order valence-corrected chi connectivity index (χ4v) is 1.96. The first-order valence-electron chi connectivity index (χ1n) is 6.05. The Labute approximate surface area is 101 Å². The van der Waals surface area contributed by atoms with Gasteiger partial charge in [-0.05, 0) is 25.0 Å². The molecule has 2 aromatic rings. The van der Waals surface area contributed by atoms with Crippen LogP contribution in [0.15, 0.2) is 24.5 Å². The van der Waals surface area contributed by atoms with Crippen molar-refractivity contribution in [2.45, 2.75) is 39.3 Å². The largest absolute Gasteiger partial charge is 0.382 e. The smallest absolute Gasteiger partial charge is 0.145 e. The van der Waals surface area contributed by atoms with Crippen LogP contribution in [0.4, 0.5) is 5.82 Å². The van der Waals surface area contributed by atoms with Gasteiger partial charge in [-0.25, -0.2) is 0 Å². The second-order valence-corrected chi connectivity index (χ2v) is 4.20. The molecule has 0 aliphatic heterocycles. The van der Waals surface area contributed by atoms with Gasteiger partial charge in [0, 0.05) is 12.4 Å². The predicted molar refractivity (Wildman–Crippen MR) is 67.6 cm³/mol. The van der Waals surface area contributed by atoms with Gasteiger partial charge < -0.3 is 5.73 Å². The van der Waals surface area contributed by atoms with Gasteiger partial charge in [0.2, 0.25) is 0 Å². The normalized spacial score (nSPS) is 11.2. The quantitative estimate of drug-likeness (QED) is 0.860. The maximum Gasteiger partial charge on any atom is 0.145 e. The van der Waals surface area contributed by atoms with Gasteiger partial charge in [0.25, 0.3) is 0 Å². The summed E-state index contributed by atoms with van der Waals surface area (Å²) in [6.07, 6.45) is 6.12. The minimum Gasteiger partial charge on any atom is -0.382 e. The Morgan fingerprint density at radius 2 is 1.94 bits per heavy atom. The van der Waals surface area contributed by atoms with E-state index in [1.807, 2.05) is 23.1 Å². The van der Waals surface area contributed by atoms with Crippen molar-refractivity contribution in [2.24, 2.45) is 0 Å². The molecular formula is C12H19N5. The Hall–Kier alpha value is -1.78. The number of nitrogens with zero attached hydrogens (tertiary/aromatic N) is 4. The summed E-state index contributed by atoms with van der Waals surface area (Å²) in [5.41, 5.74) is 6.59. The third kappa shape index (κ3) is 2.67. The van der Waals surface area contributed by atoms with E-state index in [9.17, 15) is 0 Å². The zero-order chi connectivity index (χ0) is 12.3. The van der Waals surface area contributed by atoms with Crippen molar-refractivity contribution in [1.29, 1.82) is 0 Å². The summed E-state index contributed by atoms with van der Waals surface area (Å²) in [5, 5.41) is 8.72. The molecule has 17 heavy (non-hydrogen) atoms. The van der Waals surface area contributed by atoms with E-state index in [0.29, 0.717) is 18.4 Å². The van der Waals surface area contributed by atoms with Crippen LogP contribution in [0.25, 0.3) is 0 Å². The van der Waals surface area contributed by atoms with Crippen LogP contribution in [0, 0.1) is 0 Å². The van der Waals surface area contributed by atoms with Crippen LogP contribution in [-0.4, -0.2) is 19.6 Å². The van der Waals surface area contributed by atoms with Gasteiger partial charge in [0.1, 0.15) is 5.82 Å². The topological polar surface area (TPSA) is 61.7 Å². The first kappa shape index (κ1) is 11.7. The molecule has 0 bridgehead atoms. The number of hydrogen-bond acceptors (Lipinski definition) is 3. The minimum atomic E-state index is 0.492. The molecule has 0 saturated carbocycles. The molecule has 0 spiro atoms. The monoisotopic (exact) mass is 233 g/mol. The number of nitrogens with two attached hydrogens (primary N) is 1. The molecule has 92 valence electrons. The molecule has 0 radical (unpaired) electrons. The van der Waals surface area contributed by atoms with E-state index >= 15 is 0 Å². The van der Waals surface area contributed by atoms with E-state index in [2.05, 4.69) is 24.0 Å². The highest BCUT2D eigenvalue weighted by molar-refractivity contribution is 5.24. The molecule has 0 unspecified atom stereocenters. The van der Waals surface area contributed by atoms with E-state index < -0.39 is 0 Å². The highest BCUT2D eigenvalue weighted by Gasteiger charge is 2.08. The number of hydrogen-bond donors (Lipinski definition) is 1. The highest BCUT2D eigenvalue weighted by Crippen LogP contribution is 2.14. The van der Waals surface area contributed by atoms with Crippen molar-refractivity contribution in [3.63, 3.8) is 0 Å². The van der Waals surface area contributed by atoms with Crippen molar-refractivity contribution in [2.75, 3.05) is 5.73 Å². The lowest BCUT2D eigenvalue weighted by molar-refractivity contribution is 0.424. The van der Waals surface area contributed by atoms with Crippen molar-refractivity contribution >= 4 is 5.82 Å². The van der Waals surface area contributed by atoms with Crippen molar-refractivity contribution in [3.8, 4) is 0 Å². The van der Waals surface area contributed by atoms with E-state index in [1.54, 1.807) is 10.7 Å². The molecule has 0 fully saturated rings. The van der Waals surface area contributed by atoms with Crippen LogP contribution in [0.3, 0.4) is 0 Å². The average molecular weight is 233 g/mol. The maximum absolute atomic E-state index is 5.57. The second-order valence-electron chi connectivity index (χ2n) is 4.20. The number of aromatic nitrogens is 4. The Balaban J connectivity index is 2.08. The van der Waals surface area contributed by atoms with Crippen LogP contribution in [0.5, 0.6) is 0 Å². The second kappa shape index (κ2) is 5.03. The summed E-state index contributed by atoms with van der Waals surface area (Å²) < 4.78 is 3.84. The predicted octanol–water partition coefficient (Wildman–Crippen LogP) is 2.07. The van der Waals surface area contributed by atoms with E-state index in [4.69, 9.17) is 5.73 Å². The van der Waals surface area contributed by atoms with Gasteiger partial charge in [0.15, 0.2) is 0 Å². The number of nitrogen functional groups attached to an aromatic ring is 1. The summed E-state index contributed by atoms with van der Waals surface area (Å²) in [6.45, 7) is 5.04. The SMILES string of the molecule is CCC(CC)n1ccc(Cn2ccc(N)n2)n1. The Morgan fingerprint density at radius 3 is 2.53 bits per heavy atom. The van der Waals surface area contributed by atoms with Gasteiger partial charge in [0.05, 0.1) is 18.3 Å². The third-order valence-electron chi connectivity index (χ3n) is 2.97. The van der Waals surface area contributed by atoms with Crippen LogP contribution < -0.4 is 5.73 Å². The third-order valence-corrected chi connectivity index (χ3v) is 2.97. The zero-order valence-corrected chi connectivity index (χ0v) is 10.4. The average Bonchev–Trinajstić information content (AvgIpc) is 2.91. The van der Waals surface area contributed by atoms with Gasteiger partial charge in [-0.15, -0.1) is 0 Å². The van der Waals surface area contributed by atoms with Crippen LogP contribution in [0.1, 0.15) is 38.4 Å². The van der Waals surface area contributed by atoms with E-state index in [1.165, 1.54) is 0 Å². The zero-order valence-electron chi connectivity index (χ0n) is 10.4. The summed E-state index contributed by atoms with van der Waals surface area (Å²) in [7, 11) is 0. The molecule has 0 amide bonds. The fraction of sp³-hybridized carbons (Fsp3) is 0.500. The molecule has 2 aromatic heterocycles. The minimum absolute atomic E-state index is 0.492. The Kier molecular flexibility index (Phi) is 3.46. The molecule has 2 rings (SSSR count). The molecular weight excluding hydrogens is 214 g/mol. The first-order chi connectivity index (χ1) is 8.22. The first-order valence-corrected chi connectivity index (χ1v) is 6.05. The lowest BCUT2D eigenvalue weighted by Crippen LogP contribution is -2.09. The van der Waals surface area contributed by atoms with Crippen molar-refractivity contribution in [3.05, 3.63) is 30.2 Å². The maximum atomic E-state index is 5.57. The fourth-order valence-electron chi connectivity index (χ4n) is 1.96. The summed E-state index contributed by atoms with van der Waals surface area (Å²) in [4.78, 5) is 0. The van der Waals surface area contributed by atoms with Crippen LogP contribution in [0.2, 0.25) is 0 Å². The molecule has 0 atom stereocenters. The van der Waals surface area contributed by atoms with E-state index in [0.717, 1.165) is 18.5 Å². The number of rotatable bonds is 5. The van der Waals surface area contributed by atoms with E-state index in [-0.39, 0.29) is 0 Å². The Bertz CT molecular complexity index is 467. The standard InChI is InChI=1S/C12H19N5/c1-3-11(4-2)17-8-5-10(14-17)9-16-7-6-12(13)15-16/h5-8,11H,3-4,9H2,1-2H3,(H2,13,15). The highest BCUT2D eigenvalue weighted by atomic mass is 15.3. The van der Waals surface area contributed by atoms with Crippen LogP contribution >= 0.6 is 0 Å². The lowest BCUT2D eigenvalue weighted by atomic mass is 10.2. The van der Waals surface area contributed by atoms with Crippen LogP contribution in [-0.2, 0) is 6.54 Å². The molecule has 5 heteroatoms. The molecule has 2 heterocycles. The summed E-state index contributed by atoms with van der Waals surface area (Å²) >= 11 is 0. The molecule has 2 N–H and O–H groups in total. The number of anilines is 1. The molecule has 0 aromatic carbocycles. The van der Waals surface area contributed by atoms with Crippen molar-refractivity contribution < 1.29 is 0 Å². The van der Waals surface area contributed by atoms with Gasteiger partial charge in [-0.1, -0.05) is 13.8 Å². The van der Waals surface area contributed by atoms with Crippen molar-refractivity contribution in [1.82, 2.24) is 19.6 Å². The molecule has 5 nitrogen and oxygen atoms in total. The van der Waals surface area contributed by atoms with Gasteiger partial charge >= 0.3 is 0 Å². The summed E-state index contributed by atoms with van der Waals surface area (Å²) in [6, 6.07) is 4.32.